The van der Waals surface area contributed by atoms with Crippen LogP contribution in [-0.2, 0) is 29.6 Å². The molecule has 6 nitrogen and oxygen atoms in total. The first-order valence-electron chi connectivity index (χ1n) is 9.15. The molecule has 2 heterocycles. The van der Waals surface area contributed by atoms with Crippen molar-refractivity contribution in [2.75, 3.05) is 7.11 Å². The second-order valence-electron chi connectivity index (χ2n) is 7.65. The highest BCUT2D eigenvalue weighted by Crippen LogP contribution is 2.31. The first kappa shape index (κ1) is 20.1. The average Bonchev–Trinajstić information content (AvgIpc) is 3.26. The van der Waals surface area contributed by atoms with Gasteiger partial charge in [-0.15, -0.1) is 11.3 Å². The van der Waals surface area contributed by atoms with Gasteiger partial charge in [0.05, 0.1) is 36.5 Å². The summed E-state index contributed by atoms with van der Waals surface area (Å²) in [6, 6.07) is 8.09. The lowest BCUT2D eigenvalue weighted by molar-refractivity contribution is -0.136. The molecule has 0 fully saturated rings. The largest absolute Gasteiger partial charge is 0.497 e. The number of carboxylic acid groups (broad SMARTS) is 1. The molecule has 0 saturated carbocycles. The Balaban J connectivity index is 1.89. The van der Waals surface area contributed by atoms with Crippen LogP contribution < -0.4 is 4.74 Å². The van der Waals surface area contributed by atoms with Crippen LogP contribution in [0.25, 0.3) is 10.6 Å². The summed E-state index contributed by atoms with van der Waals surface area (Å²) in [6.45, 7) is 6.37. The molecular weight excluding hydrogens is 374 g/mol. The van der Waals surface area contributed by atoms with E-state index in [4.69, 9.17) is 9.84 Å². The Morgan fingerprint density at radius 2 is 1.93 bits per heavy atom. The number of hydrogen-bond acceptors (Lipinski definition) is 5. The van der Waals surface area contributed by atoms with Crippen molar-refractivity contribution in [1.82, 2.24) is 14.8 Å². The zero-order valence-electron chi connectivity index (χ0n) is 16.6. The molecule has 0 bridgehead atoms. The molecule has 1 N–H and O–H groups in total. The number of aromatic nitrogens is 3. The second kappa shape index (κ2) is 8.14. The average molecular weight is 400 g/mol. The number of methoxy groups -OCH3 is 1. The molecule has 0 aliphatic rings. The van der Waals surface area contributed by atoms with Crippen molar-refractivity contribution in [3.63, 3.8) is 0 Å². The van der Waals surface area contributed by atoms with Gasteiger partial charge in [-0.25, -0.2) is 4.98 Å². The van der Waals surface area contributed by atoms with Crippen LogP contribution >= 0.6 is 11.3 Å². The van der Waals surface area contributed by atoms with Gasteiger partial charge < -0.3 is 9.84 Å². The molecule has 7 heteroatoms. The van der Waals surface area contributed by atoms with Crippen LogP contribution in [0, 0.1) is 0 Å². The molecule has 0 aliphatic heterocycles. The number of hydrogen-bond donors (Lipinski definition) is 1. The van der Waals surface area contributed by atoms with Crippen molar-refractivity contribution < 1.29 is 14.6 Å². The standard InChI is InChI=1S/C21H25N3O3S/c1-21(2,3)24-18(10-7-14-5-8-16(27-4)9-6-14)17(12-22-24)20-23-15(13-28-20)11-19(25)26/h5-6,8-9,12-13H,7,10-11H2,1-4H3,(H,25,26). The molecule has 0 radical (unpaired) electrons. The zero-order valence-corrected chi connectivity index (χ0v) is 17.4. The van der Waals surface area contributed by atoms with Gasteiger partial charge in [-0.05, 0) is 51.3 Å². The van der Waals surface area contributed by atoms with Gasteiger partial charge in [0.1, 0.15) is 10.8 Å². The number of carbonyl (C=O) groups is 1. The van der Waals surface area contributed by atoms with E-state index in [1.165, 1.54) is 16.9 Å². The third-order valence-corrected chi connectivity index (χ3v) is 5.35. The monoisotopic (exact) mass is 399 g/mol. The third-order valence-electron chi connectivity index (χ3n) is 4.43. The molecule has 2 aromatic heterocycles. The van der Waals surface area contributed by atoms with E-state index < -0.39 is 5.97 Å². The quantitative estimate of drug-likeness (QED) is 0.645. The number of carboxylic acids is 1. The van der Waals surface area contributed by atoms with E-state index in [-0.39, 0.29) is 12.0 Å². The van der Waals surface area contributed by atoms with Gasteiger partial charge in [-0.3, -0.25) is 9.48 Å². The summed E-state index contributed by atoms with van der Waals surface area (Å²) in [5, 5.41) is 16.2. The summed E-state index contributed by atoms with van der Waals surface area (Å²) < 4.78 is 7.27. The van der Waals surface area contributed by atoms with Crippen LogP contribution in [-0.4, -0.2) is 33.0 Å². The Labute approximate surface area is 168 Å². The van der Waals surface area contributed by atoms with Crippen molar-refractivity contribution in [2.24, 2.45) is 0 Å². The van der Waals surface area contributed by atoms with Crippen LogP contribution in [0.3, 0.4) is 0 Å². The van der Waals surface area contributed by atoms with E-state index in [1.54, 1.807) is 7.11 Å². The van der Waals surface area contributed by atoms with Gasteiger partial charge in [-0.2, -0.15) is 5.10 Å². The predicted octanol–water partition coefficient (Wildman–Crippen LogP) is 4.18. The highest BCUT2D eigenvalue weighted by atomic mass is 32.1. The maximum Gasteiger partial charge on any atom is 0.309 e. The number of nitrogens with zero attached hydrogens (tertiary/aromatic N) is 3. The van der Waals surface area contributed by atoms with Gasteiger partial charge in [0.2, 0.25) is 0 Å². The highest BCUT2D eigenvalue weighted by Gasteiger charge is 2.23. The Morgan fingerprint density at radius 3 is 2.54 bits per heavy atom. The topological polar surface area (TPSA) is 77.2 Å². The molecule has 0 aliphatic carbocycles. The number of benzene rings is 1. The Kier molecular flexibility index (Phi) is 5.84. The van der Waals surface area contributed by atoms with E-state index in [0.29, 0.717) is 5.69 Å². The third kappa shape index (κ3) is 4.59. The molecule has 3 aromatic rings. The summed E-state index contributed by atoms with van der Waals surface area (Å²) in [7, 11) is 1.66. The first-order valence-corrected chi connectivity index (χ1v) is 10.0. The summed E-state index contributed by atoms with van der Waals surface area (Å²) in [4.78, 5) is 15.5. The van der Waals surface area contributed by atoms with Gasteiger partial charge in [0, 0.05) is 11.1 Å². The lowest BCUT2D eigenvalue weighted by Crippen LogP contribution is -2.25. The molecule has 0 atom stereocenters. The minimum Gasteiger partial charge on any atom is -0.497 e. The van der Waals surface area contributed by atoms with Gasteiger partial charge >= 0.3 is 5.97 Å². The van der Waals surface area contributed by atoms with Gasteiger partial charge in [-0.1, -0.05) is 12.1 Å². The highest BCUT2D eigenvalue weighted by molar-refractivity contribution is 7.13. The van der Waals surface area contributed by atoms with E-state index in [9.17, 15) is 4.79 Å². The predicted molar refractivity (Wildman–Crippen MR) is 110 cm³/mol. The van der Waals surface area contributed by atoms with Crippen molar-refractivity contribution in [1.29, 1.82) is 0 Å². The smallest absolute Gasteiger partial charge is 0.309 e. The maximum absolute atomic E-state index is 11.0. The molecule has 3 rings (SSSR count). The lowest BCUT2D eigenvalue weighted by Gasteiger charge is -2.23. The van der Waals surface area contributed by atoms with Crippen LogP contribution in [0.1, 0.15) is 37.7 Å². The molecule has 0 unspecified atom stereocenters. The first-order chi connectivity index (χ1) is 13.3. The van der Waals surface area contributed by atoms with Crippen molar-refractivity contribution in [2.45, 2.75) is 45.6 Å². The fourth-order valence-corrected chi connectivity index (χ4v) is 3.94. The number of ether oxygens (including phenoxy) is 1. The molecule has 0 amide bonds. The minimum absolute atomic E-state index is 0.0644. The van der Waals surface area contributed by atoms with Crippen LogP contribution in [0.2, 0.25) is 0 Å². The SMILES string of the molecule is COc1ccc(CCc2c(-c3nc(CC(=O)O)cs3)cnn2C(C)(C)C)cc1. The number of aryl methyl sites for hydroxylation is 1. The summed E-state index contributed by atoms with van der Waals surface area (Å²) >= 11 is 1.47. The van der Waals surface area contributed by atoms with E-state index in [0.717, 1.165) is 34.9 Å². The number of rotatable bonds is 7. The van der Waals surface area contributed by atoms with E-state index >= 15 is 0 Å². The normalized spacial score (nSPS) is 11.6. The molecule has 148 valence electrons. The molecule has 28 heavy (non-hydrogen) atoms. The summed E-state index contributed by atoms with van der Waals surface area (Å²) in [5.74, 6) is -0.0279. The number of thiazole rings is 1. The van der Waals surface area contributed by atoms with Crippen molar-refractivity contribution in [3.05, 3.63) is 52.8 Å². The van der Waals surface area contributed by atoms with Gasteiger partial charge in [0.15, 0.2) is 0 Å². The Morgan fingerprint density at radius 1 is 1.21 bits per heavy atom. The summed E-state index contributed by atoms with van der Waals surface area (Å²) in [6.07, 6.45) is 3.46. The lowest BCUT2D eigenvalue weighted by atomic mass is 10.0. The van der Waals surface area contributed by atoms with E-state index in [2.05, 4.69) is 43.0 Å². The second-order valence-corrected chi connectivity index (χ2v) is 8.51. The maximum atomic E-state index is 11.0. The Hall–Kier alpha value is -2.67. The van der Waals surface area contributed by atoms with Crippen LogP contribution in [0.15, 0.2) is 35.8 Å². The summed E-state index contributed by atoms with van der Waals surface area (Å²) in [5.41, 5.74) is 3.73. The molecule has 1 aromatic carbocycles. The fourth-order valence-electron chi connectivity index (χ4n) is 3.09. The fraction of sp³-hybridized carbons (Fsp3) is 0.381. The van der Waals surface area contributed by atoms with Crippen LogP contribution in [0.4, 0.5) is 0 Å². The van der Waals surface area contributed by atoms with Gasteiger partial charge in [0.25, 0.3) is 0 Å². The molecule has 0 saturated heterocycles. The number of aliphatic carboxylic acids is 1. The zero-order chi connectivity index (χ0) is 20.3. The van der Waals surface area contributed by atoms with Crippen LogP contribution in [0.5, 0.6) is 5.75 Å². The van der Waals surface area contributed by atoms with Crippen molar-refractivity contribution >= 4 is 17.3 Å². The minimum atomic E-state index is -0.873. The van der Waals surface area contributed by atoms with Crippen molar-refractivity contribution in [3.8, 4) is 16.3 Å². The molecular formula is C21H25N3O3S. The Bertz CT molecular complexity index is 952. The van der Waals surface area contributed by atoms with E-state index in [1.807, 2.05) is 28.4 Å². The molecule has 0 spiro atoms.